The van der Waals surface area contributed by atoms with Crippen LogP contribution in [0, 0.1) is 5.82 Å². The van der Waals surface area contributed by atoms with E-state index in [1.165, 1.54) is 12.1 Å². The van der Waals surface area contributed by atoms with Crippen LogP contribution in [0.2, 0.25) is 0 Å². The molecule has 1 heterocycles. The molecule has 24 heavy (non-hydrogen) atoms. The van der Waals surface area contributed by atoms with Crippen LogP contribution in [0.15, 0.2) is 48.5 Å². The Morgan fingerprint density at radius 2 is 2.00 bits per heavy atom. The molecule has 1 amide bonds. The third-order valence-electron chi connectivity index (χ3n) is 4.29. The van der Waals surface area contributed by atoms with Gasteiger partial charge in [0.1, 0.15) is 5.82 Å². The highest BCUT2D eigenvalue weighted by Crippen LogP contribution is 2.38. The number of esters is 1. The van der Waals surface area contributed by atoms with Crippen LogP contribution in [-0.4, -0.2) is 29.7 Å². The van der Waals surface area contributed by atoms with Crippen molar-refractivity contribution in [1.29, 1.82) is 0 Å². The van der Waals surface area contributed by atoms with Crippen LogP contribution in [0.5, 0.6) is 0 Å². The minimum absolute atomic E-state index is 0.171. The number of hydrogen-bond acceptors (Lipinski definition) is 4. The fourth-order valence-electron chi connectivity index (χ4n) is 3.02. The Hall–Kier alpha value is -2.73. The first kappa shape index (κ1) is 16.1. The Morgan fingerprint density at radius 1 is 1.29 bits per heavy atom. The van der Waals surface area contributed by atoms with E-state index in [1.54, 1.807) is 30.3 Å². The summed E-state index contributed by atoms with van der Waals surface area (Å²) in [7, 11) is 1.10. The van der Waals surface area contributed by atoms with E-state index in [2.05, 4.69) is 10.1 Å². The van der Waals surface area contributed by atoms with Crippen molar-refractivity contribution in [3.63, 3.8) is 0 Å². The Kier molecular flexibility index (Phi) is 4.07. The Bertz CT molecular complexity index is 793. The molecule has 0 fully saturated rings. The van der Waals surface area contributed by atoms with E-state index in [1.807, 2.05) is 0 Å². The number of nitrogens with one attached hydrogen (secondary N) is 1. The second kappa shape index (κ2) is 6.05. The summed E-state index contributed by atoms with van der Waals surface area (Å²) in [5.74, 6) is -3.37. The highest BCUT2D eigenvalue weighted by Gasteiger charge is 2.54. The number of carbonyl (C=O) groups excluding carboxylic acids is 2. The van der Waals surface area contributed by atoms with Crippen LogP contribution < -0.4 is 5.32 Å². The first-order valence-corrected chi connectivity index (χ1v) is 7.42. The molecule has 0 aromatic heterocycles. The second-order valence-electron chi connectivity index (χ2n) is 5.68. The van der Waals surface area contributed by atoms with Crippen molar-refractivity contribution in [2.24, 2.45) is 0 Å². The molecule has 0 unspecified atom stereocenters. The molecule has 1 aliphatic rings. The van der Waals surface area contributed by atoms with Gasteiger partial charge in [0.15, 0.2) is 0 Å². The second-order valence-corrected chi connectivity index (χ2v) is 5.68. The summed E-state index contributed by atoms with van der Waals surface area (Å²) in [6.07, 6.45) is 0.171. The van der Waals surface area contributed by atoms with Crippen molar-refractivity contribution in [2.75, 3.05) is 12.4 Å². The van der Waals surface area contributed by atoms with Gasteiger partial charge < -0.3 is 15.2 Å². The minimum Gasteiger partial charge on any atom is -0.466 e. The topological polar surface area (TPSA) is 75.6 Å². The van der Waals surface area contributed by atoms with Gasteiger partial charge in [0.2, 0.25) is 5.60 Å². The zero-order valence-corrected chi connectivity index (χ0v) is 13.0. The average Bonchev–Trinajstić information content (AvgIpc) is 2.70. The van der Waals surface area contributed by atoms with Crippen molar-refractivity contribution in [3.8, 4) is 0 Å². The molecule has 2 atom stereocenters. The summed E-state index contributed by atoms with van der Waals surface area (Å²) < 4.78 is 18.2. The Morgan fingerprint density at radius 3 is 2.67 bits per heavy atom. The van der Waals surface area contributed by atoms with Crippen LogP contribution >= 0.6 is 0 Å². The predicted octanol–water partition coefficient (Wildman–Crippen LogP) is 2.01. The highest BCUT2D eigenvalue weighted by molar-refractivity contribution is 6.13. The van der Waals surface area contributed by atoms with Crippen LogP contribution in [0.25, 0.3) is 0 Å². The number of fused-ring (bicyclic) bond motifs is 1. The first-order chi connectivity index (χ1) is 11.5. The van der Waals surface area contributed by atoms with Crippen molar-refractivity contribution < 1.29 is 23.8 Å². The van der Waals surface area contributed by atoms with Crippen molar-refractivity contribution in [2.45, 2.75) is 17.9 Å². The van der Waals surface area contributed by atoms with Crippen molar-refractivity contribution in [3.05, 3.63) is 65.5 Å². The summed E-state index contributed by atoms with van der Waals surface area (Å²) in [5, 5.41) is 13.4. The fourth-order valence-corrected chi connectivity index (χ4v) is 3.02. The zero-order chi connectivity index (χ0) is 17.3. The number of rotatable bonds is 2. The zero-order valence-electron chi connectivity index (χ0n) is 13.0. The number of halogens is 1. The first-order valence-electron chi connectivity index (χ1n) is 7.42. The lowest BCUT2D eigenvalue weighted by molar-refractivity contribution is -0.169. The van der Waals surface area contributed by atoms with Gasteiger partial charge in [0.05, 0.1) is 7.11 Å². The molecule has 5 nitrogen and oxygen atoms in total. The molecule has 3 rings (SSSR count). The number of ether oxygens (including phenoxy) is 1. The average molecular weight is 329 g/mol. The number of benzene rings is 2. The predicted molar refractivity (Wildman–Crippen MR) is 84.9 cm³/mol. The number of hydrogen-bond donors (Lipinski definition) is 2. The van der Waals surface area contributed by atoms with Crippen LogP contribution in [-0.2, 0) is 20.7 Å². The smallest absolute Gasteiger partial charge is 0.348 e. The lowest BCUT2D eigenvalue weighted by Gasteiger charge is -2.30. The molecule has 6 heteroatoms. The number of methoxy groups -OCH3 is 1. The maximum atomic E-state index is 13.5. The minimum atomic E-state index is -2.41. The van der Waals surface area contributed by atoms with Gasteiger partial charge in [-0.05, 0) is 29.7 Å². The van der Waals surface area contributed by atoms with E-state index in [0.717, 1.165) is 13.2 Å². The molecule has 0 radical (unpaired) electrons. The largest absolute Gasteiger partial charge is 0.466 e. The Balaban J connectivity index is 2.18. The molecule has 0 saturated carbocycles. The molecule has 2 N–H and O–H groups in total. The molecule has 0 spiro atoms. The maximum absolute atomic E-state index is 13.5. The standard InChI is InChI=1S/C18H16FNO4/c1-24-17(22)18(23)14(11-5-3-2-4-6-11)9-12-7-8-13(19)10-15(12)20-16(18)21/h2-8,10,14,23H,9H2,1H3,(H,20,21)/t14-,18+/m1/s1. The van der Waals surface area contributed by atoms with Crippen LogP contribution in [0.1, 0.15) is 17.0 Å². The molecule has 2 aromatic carbocycles. The molecule has 124 valence electrons. The number of carbonyl (C=O) groups is 2. The molecule has 0 aliphatic carbocycles. The SMILES string of the molecule is COC(=O)[C@@]1(O)C(=O)Nc2cc(F)ccc2C[C@@H]1c1ccccc1. The normalized spacial score (nSPS) is 23.0. The third-order valence-corrected chi connectivity index (χ3v) is 4.29. The van der Waals surface area contributed by atoms with E-state index >= 15 is 0 Å². The van der Waals surface area contributed by atoms with E-state index < -0.39 is 29.2 Å². The van der Waals surface area contributed by atoms with Gasteiger partial charge in [-0.25, -0.2) is 9.18 Å². The molecule has 0 bridgehead atoms. The summed E-state index contributed by atoms with van der Waals surface area (Å²) >= 11 is 0. The lowest BCUT2D eigenvalue weighted by Crippen LogP contribution is -2.54. The molecule has 1 aliphatic heterocycles. The van der Waals surface area contributed by atoms with Crippen molar-refractivity contribution >= 4 is 17.6 Å². The number of amides is 1. The van der Waals surface area contributed by atoms with Crippen molar-refractivity contribution in [1.82, 2.24) is 0 Å². The van der Waals surface area contributed by atoms with E-state index in [4.69, 9.17) is 0 Å². The van der Waals surface area contributed by atoms with Gasteiger partial charge in [0.25, 0.3) is 5.91 Å². The quantitative estimate of drug-likeness (QED) is 0.653. The van der Waals surface area contributed by atoms with Gasteiger partial charge >= 0.3 is 5.97 Å². The molecule has 2 aromatic rings. The fraction of sp³-hybridized carbons (Fsp3) is 0.222. The van der Waals surface area contributed by atoms with Gasteiger partial charge in [-0.2, -0.15) is 0 Å². The van der Waals surface area contributed by atoms with Crippen LogP contribution in [0.4, 0.5) is 10.1 Å². The summed E-state index contributed by atoms with van der Waals surface area (Å²) in [6.45, 7) is 0. The molecular formula is C18H16FNO4. The summed E-state index contributed by atoms with van der Waals surface area (Å²) in [6, 6.07) is 12.7. The van der Waals surface area contributed by atoms with Gasteiger partial charge in [-0.1, -0.05) is 36.4 Å². The summed E-state index contributed by atoms with van der Waals surface area (Å²) in [5.41, 5.74) is -0.942. The Labute approximate surface area is 138 Å². The van der Waals surface area contributed by atoms with Gasteiger partial charge in [0, 0.05) is 11.6 Å². The molecule has 0 saturated heterocycles. The van der Waals surface area contributed by atoms with E-state index in [-0.39, 0.29) is 12.1 Å². The van der Waals surface area contributed by atoms with Gasteiger partial charge in [-0.15, -0.1) is 0 Å². The maximum Gasteiger partial charge on any atom is 0.348 e. The van der Waals surface area contributed by atoms with E-state index in [0.29, 0.717) is 11.1 Å². The summed E-state index contributed by atoms with van der Waals surface area (Å²) in [4.78, 5) is 24.9. The van der Waals surface area contributed by atoms with Crippen LogP contribution in [0.3, 0.4) is 0 Å². The highest BCUT2D eigenvalue weighted by atomic mass is 19.1. The number of anilines is 1. The monoisotopic (exact) mass is 329 g/mol. The number of aliphatic hydroxyl groups is 1. The van der Waals surface area contributed by atoms with Gasteiger partial charge in [-0.3, -0.25) is 4.79 Å². The molecular weight excluding hydrogens is 313 g/mol. The lowest BCUT2D eigenvalue weighted by atomic mass is 9.78. The van der Waals surface area contributed by atoms with E-state index in [9.17, 15) is 19.1 Å². The third kappa shape index (κ3) is 2.55.